The number of hydrogen-bond acceptors (Lipinski definition) is 4. The van der Waals surface area contributed by atoms with E-state index in [0.29, 0.717) is 0 Å². The Kier molecular flexibility index (Phi) is 3.36. The Hall–Kier alpha value is -0.840. The summed E-state index contributed by atoms with van der Waals surface area (Å²) in [7, 11) is 0. The average Bonchev–Trinajstić information content (AvgIpc) is 2.96. The summed E-state index contributed by atoms with van der Waals surface area (Å²) in [5, 5.41) is 1.16. The number of aromatic nitrogens is 1. The van der Waals surface area contributed by atoms with Crippen molar-refractivity contribution in [2.24, 2.45) is 11.7 Å². The molecule has 0 atom stereocenters. The SMILES string of the molecule is CC1CCC(N)(c2nc3c(s2)CSc2ccccc2-3)CC1. The molecule has 0 saturated heterocycles. The fraction of sp³-hybridized carbons (Fsp3) is 0.471. The van der Waals surface area contributed by atoms with Crippen molar-refractivity contribution in [3.63, 3.8) is 0 Å². The molecule has 1 aliphatic heterocycles. The molecule has 21 heavy (non-hydrogen) atoms. The minimum Gasteiger partial charge on any atom is -0.319 e. The Balaban J connectivity index is 1.73. The fourth-order valence-electron chi connectivity index (χ4n) is 3.30. The Morgan fingerprint density at radius 3 is 2.81 bits per heavy atom. The molecular formula is C17H20N2S2. The predicted octanol–water partition coefficient (Wildman–Crippen LogP) is 4.78. The molecule has 2 nitrogen and oxygen atoms in total. The minimum absolute atomic E-state index is 0.186. The van der Waals surface area contributed by atoms with E-state index in [9.17, 15) is 0 Å². The van der Waals surface area contributed by atoms with Crippen LogP contribution in [0, 0.1) is 5.92 Å². The lowest BCUT2D eigenvalue weighted by molar-refractivity contribution is 0.247. The van der Waals surface area contributed by atoms with Crippen molar-refractivity contribution in [1.29, 1.82) is 0 Å². The molecule has 1 fully saturated rings. The second-order valence-corrected chi connectivity index (χ2v) is 8.52. The number of hydrogen-bond donors (Lipinski definition) is 1. The van der Waals surface area contributed by atoms with Crippen LogP contribution in [0.5, 0.6) is 0 Å². The highest BCUT2D eigenvalue weighted by molar-refractivity contribution is 7.98. The molecule has 2 heterocycles. The van der Waals surface area contributed by atoms with Crippen LogP contribution in [-0.4, -0.2) is 4.98 Å². The molecule has 110 valence electrons. The predicted molar refractivity (Wildman–Crippen MR) is 90.6 cm³/mol. The van der Waals surface area contributed by atoms with Gasteiger partial charge in [-0.15, -0.1) is 23.1 Å². The number of fused-ring (bicyclic) bond motifs is 3. The van der Waals surface area contributed by atoms with E-state index >= 15 is 0 Å². The van der Waals surface area contributed by atoms with Gasteiger partial charge >= 0.3 is 0 Å². The van der Waals surface area contributed by atoms with Crippen LogP contribution < -0.4 is 5.73 Å². The first-order valence-electron chi connectivity index (χ1n) is 7.67. The van der Waals surface area contributed by atoms with Crippen molar-refractivity contribution in [3.05, 3.63) is 34.2 Å². The second kappa shape index (κ2) is 5.11. The number of thiazole rings is 1. The van der Waals surface area contributed by atoms with E-state index in [-0.39, 0.29) is 5.54 Å². The van der Waals surface area contributed by atoms with Crippen LogP contribution in [0.4, 0.5) is 0 Å². The zero-order chi connectivity index (χ0) is 14.4. The maximum atomic E-state index is 6.72. The Bertz CT molecular complexity index is 669. The number of nitrogens with zero attached hydrogens (tertiary/aromatic N) is 1. The largest absolute Gasteiger partial charge is 0.319 e. The van der Waals surface area contributed by atoms with E-state index in [4.69, 9.17) is 10.7 Å². The summed E-state index contributed by atoms with van der Waals surface area (Å²) in [6.45, 7) is 2.33. The summed E-state index contributed by atoms with van der Waals surface area (Å²) in [5.41, 5.74) is 9.01. The van der Waals surface area contributed by atoms with Crippen LogP contribution in [0.3, 0.4) is 0 Å². The Morgan fingerprint density at radius 1 is 1.24 bits per heavy atom. The zero-order valence-corrected chi connectivity index (χ0v) is 13.9. The summed E-state index contributed by atoms with van der Waals surface area (Å²) >= 11 is 3.77. The highest BCUT2D eigenvalue weighted by Gasteiger charge is 2.36. The van der Waals surface area contributed by atoms with Gasteiger partial charge in [-0.25, -0.2) is 4.98 Å². The molecule has 1 saturated carbocycles. The molecule has 2 N–H and O–H groups in total. The third-order valence-electron chi connectivity index (χ3n) is 4.79. The van der Waals surface area contributed by atoms with Crippen molar-refractivity contribution < 1.29 is 0 Å². The van der Waals surface area contributed by atoms with E-state index in [1.807, 2.05) is 23.1 Å². The summed E-state index contributed by atoms with van der Waals surface area (Å²) in [6.07, 6.45) is 4.61. The monoisotopic (exact) mass is 316 g/mol. The lowest BCUT2D eigenvalue weighted by Crippen LogP contribution is -2.40. The van der Waals surface area contributed by atoms with E-state index in [1.54, 1.807) is 0 Å². The molecule has 2 aliphatic rings. The van der Waals surface area contributed by atoms with Gasteiger partial charge in [-0.3, -0.25) is 0 Å². The smallest absolute Gasteiger partial charge is 0.113 e. The van der Waals surface area contributed by atoms with Crippen LogP contribution in [0.1, 0.15) is 42.5 Å². The van der Waals surface area contributed by atoms with Crippen LogP contribution in [0.2, 0.25) is 0 Å². The summed E-state index contributed by atoms with van der Waals surface area (Å²) < 4.78 is 0. The summed E-state index contributed by atoms with van der Waals surface area (Å²) in [6, 6.07) is 8.60. The van der Waals surface area contributed by atoms with Gasteiger partial charge in [0.1, 0.15) is 5.01 Å². The van der Waals surface area contributed by atoms with Gasteiger partial charge in [-0.05, 0) is 37.7 Å². The lowest BCUT2D eigenvalue weighted by atomic mass is 9.78. The van der Waals surface area contributed by atoms with Crippen molar-refractivity contribution in [2.45, 2.75) is 48.8 Å². The molecule has 1 aromatic heterocycles. The highest BCUT2D eigenvalue weighted by atomic mass is 32.2. The van der Waals surface area contributed by atoms with E-state index in [2.05, 4.69) is 31.2 Å². The molecule has 0 unspecified atom stereocenters. The number of benzene rings is 1. The number of thioether (sulfide) groups is 1. The minimum atomic E-state index is -0.186. The quantitative estimate of drug-likeness (QED) is 0.823. The first-order chi connectivity index (χ1) is 10.2. The Morgan fingerprint density at radius 2 is 2.00 bits per heavy atom. The van der Waals surface area contributed by atoms with E-state index in [1.165, 1.54) is 33.9 Å². The zero-order valence-electron chi connectivity index (χ0n) is 12.3. The fourth-order valence-corrected chi connectivity index (χ4v) is 5.66. The molecule has 4 heteroatoms. The molecule has 0 spiro atoms. The maximum Gasteiger partial charge on any atom is 0.113 e. The van der Waals surface area contributed by atoms with Crippen LogP contribution in [0.25, 0.3) is 11.3 Å². The van der Waals surface area contributed by atoms with Gasteiger partial charge in [0, 0.05) is 21.1 Å². The molecule has 0 amide bonds. The first-order valence-corrected chi connectivity index (χ1v) is 9.47. The standard InChI is InChI=1S/C17H20N2S2/c1-11-6-8-17(18,9-7-11)16-19-15-12-4-2-3-5-13(12)20-10-14(15)21-16/h2-5,11H,6-10,18H2,1H3. The Labute approximate surface area is 134 Å². The van der Waals surface area contributed by atoms with Crippen LogP contribution >= 0.6 is 23.1 Å². The lowest BCUT2D eigenvalue weighted by Gasteiger charge is -2.34. The van der Waals surface area contributed by atoms with Crippen molar-refractivity contribution in [2.75, 3.05) is 0 Å². The molecule has 0 bridgehead atoms. The molecule has 1 aliphatic carbocycles. The van der Waals surface area contributed by atoms with E-state index in [0.717, 1.165) is 29.5 Å². The van der Waals surface area contributed by atoms with Gasteiger partial charge in [0.05, 0.1) is 11.2 Å². The second-order valence-electron chi connectivity index (χ2n) is 6.41. The maximum absolute atomic E-state index is 6.72. The topological polar surface area (TPSA) is 38.9 Å². The van der Waals surface area contributed by atoms with E-state index < -0.39 is 0 Å². The molecular weight excluding hydrogens is 296 g/mol. The third kappa shape index (κ3) is 2.33. The number of rotatable bonds is 1. The van der Waals surface area contributed by atoms with Gasteiger partial charge in [-0.2, -0.15) is 0 Å². The van der Waals surface area contributed by atoms with Gasteiger partial charge < -0.3 is 5.73 Å². The molecule has 4 rings (SSSR count). The van der Waals surface area contributed by atoms with Gasteiger partial charge in [0.2, 0.25) is 0 Å². The van der Waals surface area contributed by atoms with Gasteiger partial charge in [-0.1, -0.05) is 25.1 Å². The van der Waals surface area contributed by atoms with Crippen LogP contribution in [-0.2, 0) is 11.3 Å². The summed E-state index contributed by atoms with van der Waals surface area (Å²) in [4.78, 5) is 7.74. The first kappa shape index (κ1) is 13.8. The average molecular weight is 316 g/mol. The summed E-state index contributed by atoms with van der Waals surface area (Å²) in [5.74, 6) is 1.85. The molecule has 1 aromatic carbocycles. The van der Waals surface area contributed by atoms with Crippen molar-refractivity contribution >= 4 is 23.1 Å². The van der Waals surface area contributed by atoms with Gasteiger partial charge in [0.25, 0.3) is 0 Å². The number of nitrogens with two attached hydrogens (primary N) is 1. The highest BCUT2D eigenvalue weighted by Crippen LogP contribution is 2.47. The van der Waals surface area contributed by atoms with Crippen molar-refractivity contribution in [1.82, 2.24) is 4.98 Å². The molecule has 0 radical (unpaired) electrons. The van der Waals surface area contributed by atoms with Crippen molar-refractivity contribution in [3.8, 4) is 11.3 Å². The molecule has 2 aromatic rings. The van der Waals surface area contributed by atoms with Gasteiger partial charge in [0.15, 0.2) is 0 Å². The normalized spacial score (nSPS) is 28.0. The third-order valence-corrected chi connectivity index (χ3v) is 7.35. The van der Waals surface area contributed by atoms with Crippen LogP contribution in [0.15, 0.2) is 29.2 Å².